The smallest absolute Gasteiger partial charge is 0.226 e. The number of pyridine rings is 1. The molecule has 2 aromatic heterocycles. The Morgan fingerprint density at radius 3 is 2.74 bits per heavy atom. The van der Waals surface area contributed by atoms with Gasteiger partial charge in [0.25, 0.3) is 0 Å². The molecule has 1 aliphatic rings. The third-order valence-corrected chi connectivity index (χ3v) is 5.61. The zero-order valence-corrected chi connectivity index (χ0v) is 14.2. The number of nitrogens with zero attached hydrogens (tertiary/aromatic N) is 3. The Bertz CT molecular complexity index is 814. The number of sulfone groups is 1. The highest BCUT2D eigenvalue weighted by atomic mass is 32.2. The first-order valence-electron chi connectivity index (χ1n) is 7.08. The van der Waals surface area contributed by atoms with Gasteiger partial charge in [-0.25, -0.2) is 8.42 Å². The van der Waals surface area contributed by atoms with Crippen LogP contribution in [0.25, 0.3) is 10.7 Å². The number of carbonyl (C=O) groups is 1. The van der Waals surface area contributed by atoms with E-state index >= 15 is 0 Å². The lowest BCUT2D eigenvalue weighted by Crippen LogP contribution is -2.23. The molecule has 122 valence electrons. The molecule has 0 radical (unpaired) electrons. The van der Waals surface area contributed by atoms with Gasteiger partial charge >= 0.3 is 0 Å². The van der Waals surface area contributed by atoms with Gasteiger partial charge in [0.2, 0.25) is 11.0 Å². The van der Waals surface area contributed by atoms with Crippen LogP contribution in [-0.4, -0.2) is 41.5 Å². The van der Waals surface area contributed by atoms with Crippen LogP contribution in [0.3, 0.4) is 0 Å². The van der Waals surface area contributed by atoms with Gasteiger partial charge in [-0.15, -0.1) is 10.2 Å². The molecule has 0 unspecified atom stereocenters. The Morgan fingerprint density at radius 1 is 1.35 bits per heavy atom. The van der Waals surface area contributed by atoms with E-state index in [0.717, 1.165) is 12.8 Å². The fourth-order valence-corrected chi connectivity index (χ4v) is 4.72. The molecule has 2 aromatic rings. The average molecular weight is 352 g/mol. The number of amides is 1. The van der Waals surface area contributed by atoms with Gasteiger partial charge in [0.05, 0.1) is 5.75 Å². The van der Waals surface area contributed by atoms with Crippen LogP contribution >= 0.6 is 11.3 Å². The van der Waals surface area contributed by atoms with Crippen molar-refractivity contribution < 1.29 is 13.2 Å². The molecular weight excluding hydrogens is 336 g/mol. The molecule has 0 spiro atoms. The van der Waals surface area contributed by atoms with Crippen molar-refractivity contribution >= 4 is 32.2 Å². The monoisotopic (exact) mass is 352 g/mol. The largest absolute Gasteiger partial charge is 0.301 e. The van der Waals surface area contributed by atoms with Crippen molar-refractivity contribution in [2.45, 2.75) is 19.3 Å². The minimum absolute atomic E-state index is 0.0583. The van der Waals surface area contributed by atoms with E-state index in [4.69, 9.17) is 0 Å². The maximum absolute atomic E-state index is 12.1. The molecule has 0 atom stereocenters. The highest BCUT2D eigenvalue weighted by molar-refractivity contribution is 7.90. The molecule has 0 aliphatic heterocycles. The quantitative estimate of drug-likeness (QED) is 0.850. The summed E-state index contributed by atoms with van der Waals surface area (Å²) in [6.45, 7) is 0. The van der Waals surface area contributed by atoms with Crippen LogP contribution in [0.2, 0.25) is 0 Å². The molecule has 0 bridgehead atoms. The Balaban J connectivity index is 1.62. The van der Waals surface area contributed by atoms with Crippen LogP contribution < -0.4 is 5.32 Å². The van der Waals surface area contributed by atoms with Crippen molar-refractivity contribution in [2.24, 2.45) is 5.41 Å². The normalized spacial score (nSPS) is 16.0. The molecule has 2 heterocycles. The summed E-state index contributed by atoms with van der Waals surface area (Å²) in [6, 6.07) is 5.48. The molecule has 0 saturated heterocycles. The topological polar surface area (TPSA) is 102 Å². The summed E-state index contributed by atoms with van der Waals surface area (Å²) in [4.78, 5) is 16.3. The first-order valence-corrected chi connectivity index (χ1v) is 9.96. The van der Waals surface area contributed by atoms with E-state index in [0.29, 0.717) is 15.8 Å². The SMILES string of the molecule is CS(=O)(=O)CC1(CC(=O)Nc2nnc(-c3ccccn3)s2)CC1. The van der Waals surface area contributed by atoms with Gasteiger partial charge < -0.3 is 5.32 Å². The summed E-state index contributed by atoms with van der Waals surface area (Å²) in [7, 11) is -3.08. The van der Waals surface area contributed by atoms with E-state index in [1.165, 1.54) is 17.6 Å². The standard InChI is InChI=1S/C14H16N4O3S2/c1-23(20,21)9-14(5-6-14)8-11(19)16-13-18-17-12(22-13)10-4-2-3-7-15-10/h2-4,7H,5-6,8-9H2,1H3,(H,16,18,19). The fraction of sp³-hybridized carbons (Fsp3) is 0.429. The molecule has 0 aromatic carbocycles. The van der Waals surface area contributed by atoms with E-state index in [1.54, 1.807) is 6.20 Å². The highest BCUT2D eigenvalue weighted by Gasteiger charge is 2.46. The minimum atomic E-state index is -3.08. The average Bonchev–Trinajstić information content (AvgIpc) is 3.03. The maximum atomic E-state index is 12.1. The van der Waals surface area contributed by atoms with Gasteiger partial charge in [-0.3, -0.25) is 9.78 Å². The minimum Gasteiger partial charge on any atom is -0.301 e. The molecule has 1 amide bonds. The first-order chi connectivity index (χ1) is 10.9. The zero-order chi connectivity index (χ0) is 16.5. The molecule has 1 fully saturated rings. The van der Waals surface area contributed by atoms with E-state index < -0.39 is 15.3 Å². The third kappa shape index (κ3) is 4.32. The number of carbonyl (C=O) groups excluding carboxylic acids is 1. The second-order valence-corrected chi connectivity index (χ2v) is 9.04. The Kier molecular flexibility index (Phi) is 4.15. The molecule has 1 aliphatic carbocycles. The van der Waals surface area contributed by atoms with Crippen LogP contribution in [0.4, 0.5) is 5.13 Å². The first kappa shape index (κ1) is 16.0. The predicted octanol–water partition coefficient (Wildman–Crippen LogP) is 1.75. The van der Waals surface area contributed by atoms with Crippen LogP contribution in [0.1, 0.15) is 19.3 Å². The third-order valence-electron chi connectivity index (χ3n) is 3.62. The van der Waals surface area contributed by atoms with E-state index in [-0.39, 0.29) is 18.1 Å². The summed E-state index contributed by atoms with van der Waals surface area (Å²) in [5, 5.41) is 11.7. The van der Waals surface area contributed by atoms with Gasteiger partial charge in [-0.05, 0) is 30.4 Å². The second-order valence-electron chi connectivity index (χ2n) is 5.92. The van der Waals surface area contributed by atoms with Crippen molar-refractivity contribution in [3.8, 4) is 10.7 Å². The predicted molar refractivity (Wildman–Crippen MR) is 87.8 cm³/mol. The molecule has 7 nitrogen and oxygen atoms in total. The van der Waals surface area contributed by atoms with Gasteiger partial charge in [-0.1, -0.05) is 17.4 Å². The number of aromatic nitrogens is 3. The Labute approximate surface area is 138 Å². The highest BCUT2D eigenvalue weighted by Crippen LogP contribution is 2.49. The summed E-state index contributed by atoms with van der Waals surface area (Å²) in [5.41, 5.74) is 0.299. The van der Waals surface area contributed by atoms with Crippen molar-refractivity contribution in [1.82, 2.24) is 15.2 Å². The molecule has 3 rings (SSSR count). The van der Waals surface area contributed by atoms with E-state index in [1.807, 2.05) is 18.2 Å². The lowest BCUT2D eigenvalue weighted by atomic mass is 10.1. The molecule has 1 N–H and O–H groups in total. The van der Waals surface area contributed by atoms with Crippen molar-refractivity contribution in [1.29, 1.82) is 0 Å². The Hall–Kier alpha value is -1.87. The van der Waals surface area contributed by atoms with E-state index in [9.17, 15) is 13.2 Å². The number of nitrogens with one attached hydrogen (secondary N) is 1. The number of anilines is 1. The number of hydrogen-bond acceptors (Lipinski definition) is 7. The van der Waals surface area contributed by atoms with Gasteiger partial charge in [0, 0.05) is 18.9 Å². The van der Waals surface area contributed by atoms with Gasteiger partial charge in [0.15, 0.2) is 5.01 Å². The zero-order valence-electron chi connectivity index (χ0n) is 12.5. The molecule has 23 heavy (non-hydrogen) atoms. The summed E-state index contributed by atoms with van der Waals surface area (Å²) in [6.07, 6.45) is 4.59. The lowest BCUT2D eigenvalue weighted by Gasteiger charge is -2.12. The molecule has 1 saturated carbocycles. The Morgan fingerprint density at radius 2 is 2.13 bits per heavy atom. The molecular formula is C14H16N4O3S2. The van der Waals surface area contributed by atoms with Crippen LogP contribution in [0.5, 0.6) is 0 Å². The van der Waals surface area contributed by atoms with Gasteiger partial charge in [-0.2, -0.15) is 0 Å². The van der Waals surface area contributed by atoms with Crippen molar-refractivity contribution in [3.05, 3.63) is 24.4 Å². The van der Waals surface area contributed by atoms with Crippen LogP contribution in [0.15, 0.2) is 24.4 Å². The van der Waals surface area contributed by atoms with Crippen LogP contribution in [0, 0.1) is 5.41 Å². The fourth-order valence-electron chi connectivity index (χ4n) is 2.48. The summed E-state index contributed by atoms with van der Waals surface area (Å²) in [5.74, 6) is -0.169. The number of rotatable bonds is 6. The summed E-state index contributed by atoms with van der Waals surface area (Å²) >= 11 is 1.24. The lowest BCUT2D eigenvalue weighted by molar-refractivity contribution is -0.117. The summed E-state index contributed by atoms with van der Waals surface area (Å²) < 4.78 is 22.9. The van der Waals surface area contributed by atoms with Crippen LogP contribution in [-0.2, 0) is 14.6 Å². The van der Waals surface area contributed by atoms with Crippen molar-refractivity contribution in [3.63, 3.8) is 0 Å². The second kappa shape index (κ2) is 5.97. The number of hydrogen-bond donors (Lipinski definition) is 1. The van der Waals surface area contributed by atoms with E-state index in [2.05, 4.69) is 20.5 Å². The molecule has 9 heteroatoms. The van der Waals surface area contributed by atoms with Gasteiger partial charge in [0.1, 0.15) is 15.5 Å². The van der Waals surface area contributed by atoms with Crippen molar-refractivity contribution in [2.75, 3.05) is 17.3 Å². The maximum Gasteiger partial charge on any atom is 0.226 e.